The minimum Gasteiger partial charge on any atom is -0.461 e. The Morgan fingerprint density at radius 2 is 1.97 bits per heavy atom. The topological polar surface area (TPSA) is 142 Å². The summed E-state index contributed by atoms with van der Waals surface area (Å²) in [6, 6.07) is 1.44. The van der Waals surface area contributed by atoms with E-state index in [0.717, 1.165) is 0 Å². The molecule has 2 aromatic rings. The number of halogens is 2. The Balaban J connectivity index is 1.67. The number of piperidine rings is 1. The molecule has 0 aliphatic carbocycles. The van der Waals surface area contributed by atoms with Gasteiger partial charge in [-0.25, -0.2) is 5.48 Å². The van der Waals surface area contributed by atoms with Crippen molar-refractivity contribution < 1.29 is 24.3 Å². The molecule has 1 aliphatic rings. The lowest BCUT2D eigenvalue weighted by Crippen LogP contribution is -2.45. The van der Waals surface area contributed by atoms with Crippen molar-refractivity contribution in [3.05, 3.63) is 33.2 Å². The molecule has 11 nitrogen and oxygen atoms in total. The molecule has 0 atom stereocenters. The second-order valence-corrected chi connectivity index (χ2v) is 7.85. The molecule has 0 bridgehead atoms. The van der Waals surface area contributed by atoms with Crippen LogP contribution in [0.5, 0.6) is 6.01 Å². The number of nitrogens with zero attached hydrogens (tertiary/aromatic N) is 3. The van der Waals surface area contributed by atoms with E-state index in [0.29, 0.717) is 42.5 Å². The number of H-pyrrole nitrogens is 1. The highest BCUT2D eigenvalue weighted by Gasteiger charge is 2.26. The van der Waals surface area contributed by atoms with Crippen LogP contribution in [0.2, 0.25) is 10.0 Å². The van der Waals surface area contributed by atoms with E-state index in [4.69, 9.17) is 33.0 Å². The smallest absolute Gasteiger partial charge is 0.319 e. The van der Waals surface area contributed by atoms with Crippen LogP contribution in [-0.4, -0.2) is 71.3 Å². The van der Waals surface area contributed by atoms with Gasteiger partial charge < -0.3 is 25.0 Å². The molecule has 0 spiro atoms. The monoisotopic (exact) mass is 486 g/mol. The zero-order valence-corrected chi connectivity index (χ0v) is 19.1. The van der Waals surface area contributed by atoms with Crippen LogP contribution in [0.15, 0.2) is 6.07 Å². The Kier molecular flexibility index (Phi) is 8.13. The van der Waals surface area contributed by atoms with Gasteiger partial charge in [-0.2, -0.15) is 9.97 Å². The number of aryl methyl sites for hydroxylation is 1. The molecule has 2 aromatic heterocycles. The molecule has 3 heterocycles. The van der Waals surface area contributed by atoms with E-state index in [2.05, 4.69) is 30.6 Å². The van der Waals surface area contributed by atoms with Gasteiger partial charge in [0.05, 0.1) is 23.8 Å². The first-order valence-electron chi connectivity index (χ1n) is 9.89. The highest BCUT2D eigenvalue weighted by molar-refractivity contribution is 6.44. The number of hydroxylamine groups is 1. The van der Waals surface area contributed by atoms with E-state index in [1.165, 1.54) is 13.2 Å². The molecule has 13 heteroatoms. The normalized spacial score (nSPS) is 14.3. The fourth-order valence-corrected chi connectivity index (χ4v) is 3.69. The quantitative estimate of drug-likeness (QED) is 0.411. The number of aromatic amines is 1. The highest BCUT2D eigenvalue weighted by Crippen LogP contribution is 2.29. The zero-order valence-electron chi connectivity index (χ0n) is 17.6. The fraction of sp³-hybridized carbons (Fsp3) is 0.474. The molecule has 0 unspecified atom stereocenters. The molecule has 3 rings (SSSR count). The Morgan fingerprint density at radius 3 is 2.56 bits per heavy atom. The summed E-state index contributed by atoms with van der Waals surface area (Å²) >= 11 is 12.2. The summed E-state index contributed by atoms with van der Waals surface area (Å²) in [7, 11) is 1.32. The zero-order chi connectivity index (χ0) is 23.3. The molecular formula is C19H24Cl2N6O5. The number of carbonyl (C=O) groups excluding carboxylic acids is 2. The van der Waals surface area contributed by atoms with Crippen molar-refractivity contribution in [2.45, 2.75) is 25.8 Å². The molecular weight excluding hydrogens is 463 g/mol. The molecule has 2 amide bonds. The summed E-state index contributed by atoms with van der Waals surface area (Å²) in [6.07, 6.45) is 1.29. The van der Waals surface area contributed by atoms with Gasteiger partial charge in [-0.15, -0.1) is 0 Å². The molecule has 174 valence electrons. The summed E-state index contributed by atoms with van der Waals surface area (Å²) in [5.41, 5.74) is 3.14. The Labute approximate surface area is 194 Å². The molecule has 0 radical (unpaired) electrons. The number of aromatic nitrogens is 3. The SMILES string of the molecule is CONC(=O)c1cc(N2CCC(NC(=O)c3[nH]c(C)c(Cl)c3Cl)CC2)nc(OCCO)n1. The molecule has 1 aliphatic heterocycles. The van der Waals surface area contributed by atoms with Crippen molar-refractivity contribution in [3.63, 3.8) is 0 Å². The number of anilines is 1. The van der Waals surface area contributed by atoms with Gasteiger partial charge >= 0.3 is 6.01 Å². The van der Waals surface area contributed by atoms with Gasteiger partial charge in [-0.05, 0) is 19.8 Å². The predicted molar refractivity (Wildman–Crippen MR) is 117 cm³/mol. The fourth-order valence-electron chi connectivity index (χ4n) is 3.28. The number of nitrogens with one attached hydrogen (secondary N) is 3. The molecule has 32 heavy (non-hydrogen) atoms. The minimum absolute atomic E-state index is 0.00626. The predicted octanol–water partition coefficient (Wildman–Crippen LogP) is 1.48. The molecule has 1 saturated heterocycles. The molecule has 1 fully saturated rings. The van der Waals surface area contributed by atoms with Crippen molar-refractivity contribution in [1.82, 2.24) is 25.7 Å². The highest BCUT2D eigenvalue weighted by atomic mass is 35.5. The summed E-state index contributed by atoms with van der Waals surface area (Å²) in [5, 5.41) is 12.5. The maximum atomic E-state index is 12.6. The van der Waals surface area contributed by atoms with Gasteiger partial charge in [0.15, 0.2) is 0 Å². The van der Waals surface area contributed by atoms with E-state index in [1.54, 1.807) is 6.92 Å². The molecule has 0 aromatic carbocycles. The first-order chi connectivity index (χ1) is 15.3. The van der Waals surface area contributed by atoms with Crippen LogP contribution in [-0.2, 0) is 4.84 Å². The number of amides is 2. The number of ether oxygens (including phenoxy) is 1. The van der Waals surface area contributed by atoms with Crippen molar-refractivity contribution in [1.29, 1.82) is 0 Å². The third-order valence-corrected chi connectivity index (χ3v) is 5.82. The second kappa shape index (κ2) is 10.8. The van der Waals surface area contributed by atoms with Crippen LogP contribution < -0.4 is 20.4 Å². The van der Waals surface area contributed by atoms with E-state index in [-0.39, 0.29) is 47.6 Å². The Morgan fingerprint density at radius 1 is 1.25 bits per heavy atom. The number of hydrogen-bond donors (Lipinski definition) is 4. The maximum Gasteiger partial charge on any atom is 0.319 e. The number of hydrogen-bond acceptors (Lipinski definition) is 8. The summed E-state index contributed by atoms with van der Waals surface area (Å²) in [5.74, 6) is -0.374. The summed E-state index contributed by atoms with van der Waals surface area (Å²) < 4.78 is 5.30. The maximum absolute atomic E-state index is 12.6. The number of rotatable bonds is 8. The first kappa shape index (κ1) is 24.1. The van der Waals surface area contributed by atoms with E-state index in [1.807, 2.05) is 4.90 Å². The van der Waals surface area contributed by atoms with Gasteiger partial charge in [-0.3, -0.25) is 14.4 Å². The van der Waals surface area contributed by atoms with E-state index in [9.17, 15) is 9.59 Å². The number of carbonyl (C=O) groups is 2. The average Bonchev–Trinajstić information content (AvgIpc) is 3.05. The standard InChI is InChI=1S/C19H24Cl2N6O5/c1-10-14(20)15(21)16(22-10)18(30)23-11-3-5-27(6-4-11)13-9-12(17(29)26-31-2)24-19(25-13)32-8-7-28/h9,11,22,28H,3-8H2,1-2H3,(H,23,30)(H,26,29). The van der Waals surface area contributed by atoms with Crippen LogP contribution >= 0.6 is 23.2 Å². The van der Waals surface area contributed by atoms with Gasteiger partial charge in [-0.1, -0.05) is 23.2 Å². The van der Waals surface area contributed by atoms with Gasteiger partial charge in [0.1, 0.15) is 23.8 Å². The molecule has 4 N–H and O–H groups in total. The Bertz CT molecular complexity index is 977. The largest absolute Gasteiger partial charge is 0.461 e. The third kappa shape index (κ3) is 5.60. The molecule has 0 saturated carbocycles. The Hall–Kier alpha value is -2.60. The third-order valence-electron chi connectivity index (χ3n) is 4.88. The van der Waals surface area contributed by atoms with Crippen molar-refractivity contribution in [2.24, 2.45) is 0 Å². The lowest BCUT2D eigenvalue weighted by atomic mass is 10.0. The first-order valence-corrected chi connectivity index (χ1v) is 10.6. The van der Waals surface area contributed by atoms with Gasteiger partial charge in [0.25, 0.3) is 11.8 Å². The van der Waals surface area contributed by atoms with Gasteiger partial charge in [0, 0.05) is 30.9 Å². The van der Waals surface area contributed by atoms with Crippen molar-refractivity contribution in [3.8, 4) is 6.01 Å². The summed E-state index contributed by atoms with van der Waals surface area (Å²) in [6.45, 7) is 2.67. The van der Waals surface area contributed by atoms with Crippen LogP contribution in [0.25, 0.3) is 0 Å². The van der Waals surface area contributed by atoms with E-state index >= 15 is 0 Å². The van der Waals surface area contributed by atoms with Crippen molar-refractivity contribution >= 4 is 40.8 Å². The van der Waals surface area contributed by atoms with Crippen LogP contribution in [0.3, 0.4) is 0 Å². The number of aliphatic hydroxyl groups excluding tert-OH is 1. The summed E-state index contributed by atoms with van der Waals surface area (Å²) in [4.78, 5) is 42.6. The van der Waals surface area contributed by atoms with Gasteiger partial charge in [0.2, 0.25) is 0 Å². The lowest BCUT2D eigenvalue weighted by Gasteiger charge is -2.33. The lowest BCUT2D eigenvalue weighted by molar-refractivity contribution is 0.0531. The second-order valence-electron chi connectivity index (χ2n) is 7.09. The van der Waals surface area contributed by atoms with Crippen LogP contribution in [0.1, 0.15) is 39.5 Å². The minimum atomic E-state index is -0.552. The van der Waals surface area contributed by atoms with Crippen LogP contribution in [0, 0.1) is 6.92 Å². The van der Waals surface area contributed by atoms with Crippen LogP contribution in [0.4, 0.5) is 5.82 Å². The number of aliphatic hydroxyl groups is 1. The average molecular weight is 487 g/mol. The van der Waals surface area contributed by atoms with Crippen molar-refractivity contribution in [2.75, 3.05) is 38.3 Å². The van der Waals surface area contributed by atoms with E-state index < -0.39 is 5.91 Å².